The molecule has 0 radical (unpaired) electrons. The van der Waals surface area contributed by atoms with Gasteiger partial charge in [0.15, 0.2) is 17.5 Å². The van der Waals surface area contributed by atoms with E-state index in [2.05, 4.69) is 217 Å². The molecule has 11 aromatic carbocycles. The van der Waals surface area contributed by atoms with Crippen molar-refractivity contribution in [3.63, 3.8) is 0 Å². The molecule has 0 amide bonds. The lowest BCUT2D eigenvalue weighted by atomic mass is 9.92. The summed E-state index contributed by atoms with van der Waals surface area (Å²) in [5.41, 5.74) is 9.33. The van der Waals surface area contributed by atoms with E-state index in [1.165, 1.54) is 69.3 Å². The molecule has 320 valence electrons. The first-order valence-electron chi connectivity index (χ1n) is 23.2. The van der Waals surface area contributed by atoms with Gasteiger partial charge in [0, 0.05) is 49.3 Å². The number of nitrogens with zero attached hydrogens (tertiary/aromatic N) is 4. The molecule has 0 bridgehead atoms. The first-order chi connectivity index (χ1) is 34.1. The average Bonchev–Trinajstić information content (AvgIpc) is 3.81. The minimum Gasteiger partial charge on any atom is -0.264 e. The summed E-state index contributed by atoms with van der Waals surface area (Å²) in [5, 5.41) is 14.7. The summed E-state index contributed by atoms with van der Waals surface area (Å²) in [7, 11) is 0. The maximum absolute atomic E-state index is 5.46. The van der Waals surface area contributed by atoms with Crippen LogP contribution < -0.4 is 0 Å². The zero-order chi connectivity index (χ0) is 45.4. The Morgan fingerprint density at radius 2 is 0.797 bits per heavy atom. The molecule has 0 atom stereocenters. The first kappa shape index (κ1) is 39.3. The summed E-state index contributed by atoms with van der Waals surface area (Å²) in [6.07, 6.45) is 3.69. The highest BCUT2D eigenvalue weighted by Crippen LogP contribution is 2.43. The number of thiophene rings is 1. The molecule has 3 heterocycles. The molecule has 3 aromatic heterocycles. The van der Waals surface area contributed by atoms with E-state index < -0.39 is 0 Å². The Balaban J connectivity index is 0.994. The van der Waals surface area contributed by atoms with E-state index in [0.29, 0.717) is 17.5 Å². The molecular weight excluding hydrogens is 857 g/mol. The van der Waals surface area contributed by atoms with Crippen LogP contribution in [0.4, 0.5) is 0 Å². The van der Waals surface area contributed by atoms with Gasteiger partial charge in [0.05, 0.1) is 0 Å². The molecule has 0 aliphatic heterocycles. The number of benzene rings is 11. The minimum absolute atomic E-state index is 0.608. The maximum Gasteiger partial charge on any atom is 0.165 e. The Morgan fingerprint density at radius 3 is 1.43 bits per heavy atom. The highest BCUT2D eigenvalue weighted by atomic mass is 32.1. The number of pyridine rings is 1. The van der Waals surface area contributed by atoms with E-state index in [1.54, 1.807) is 17.5 Å². The molecule has 4 nitrogen and oxygen atoms in total. The molecule has 0 fully saturated rings. The lowest BCUT2D eigenvalue weighted by Crippen LogP contribution is -2.01. The van der Waals surface area contributed by atoms with Crippen LogP contribution in [0.3, 0.4) is 0 Å². The fraction of sp³-hybridized carbons (Fsp3) is 0. The van der Waals surface area contributed by atoms with Gasteiger partial charge in [0.2, 0.25) is 0 Å². The van der Waals surface area contributed by atoms with Crippen LogP contribution in [-0.2, 0) is 0 Å². The van der Waals surface area contributed by atoms with Gasteiger partial charge in [0.25, 0.3) is 0 Å². The topological polar surface area (TPSA) is 51.6 Å². The van der Waals surface area contributed by atoms with Gasteiger partial charge in [-0.25, -0.2) is 15.0 Å². The summed E-state index contributed by atoms with van der Waals surface area (Å²) in [5.74, 6) is 1.85. The van der Waals surface area contributed by atoms with Crippen molar-refractivity contribution in [1.82, 2.24) is 19.9 Å². The van der Waals surface area contributed by atoms with E-state index in [4.69, 9.17) is 15.0 Å². The van der Waals surface area contributed by atoms with Gasteiger partial charge in [-0.05, 0) is 160 Å². The molecule has 69 heavy (non-hydrogen) atoms. The highest BCUT2D eigenvalue weighted by Gasteiger charge is 2.19. The van der Waals surface area contributed by atoms with Crippen molar-refractivity contribution in [2.24, 2.45) is 0 Å². The van der Waals surface area contributed by atoms with Crippen molar-refractivity contribution in [1.29, 1.82) is 0 Å². The van der Waals surface area contributed by atoms with Gasteiger partial charge in [0.1, 0.15) is 0 Å². The Bertz CT molecular complexity index is 4230. The quantitative estimate of drug-likeness (QED) is 0.156. The van der Waals surface area contributed by atoms with Crippen LogP contribution in [0.15, 0.2) is 231 Å². The highest BCUT2D eigenvalue weighted by molar-refractivity contribution is 7.26. The van der Waals surface area contributed by atoms with Gasteiger partial charge in [-0.3, -0.25) is 4.98 Å². The predicted octanol–water partition coefficient (Wildman–Crippen LogP) is 17.4. The maximum atomic E-state index is 5.46. The molecule has 0 aliphatic rings. The van der Waals surface area contributed by atoms with Gasteiger partial charge in [-0.2, -0.15) is 0 Å². The number of aromatic nitrogens is 4. The third-order valence-corrected chi connectivity index (χ3v) is 14.9. The third-order valence-electron chi connectivity index (χ3n) is 13.7. The largest absolute Gasteiger partial charge is 0.264 e. The average molecular weight is 895 g/mol. The summed E-state index contributed by atoms with van der Waals surface area (Å²) < 4.78 is 2.39. The van der Waals surface area contributed by atoms with E-state index in [1.807, 2.05) is 12.3 Å². The molecule has 0 aliphatic carbocycles. The zero-order valence-electron chi connectivity index (χ0n) is 37.1. The van der Waals surface area contributed by atoms with E-state index in [9.17, 15) is 0 Å². The van der Waals surface area contributed by atoms with E-state index >= 15 is 0 Å². The third kappa shape index (κ3) is 6.90. The molecule has 0 unspecified atom stereocenters. The molecule has 0 saturated heterocycles. The number of hydrogen-bond donors (Lipinski definition) is 0. The molecular formula is C64H38N4S. The van der Waals surface area contributed by atoms with Crippen LogP contribution in [0.1, 0.15) is 0 Å². The molecule has 5 heteroatoms. The number of hydrogen-bond acceptors (Lipinski definition) is 5. The summed E-state index contributed by atoms with van der Waals surface area (Å²) in [6.45, 7) is 0. The molecule has 0 spiro atoms. The fourth-order valence-corrected chi connectivity index (χ4v) is 11.4. The molecule has 0 N–H and O–H groups in total. The lowest BCUT2D eigenvalue weighted by molar-refractivity contribution is 1.08. The van der Waals surface area contributed by atoms with Crippen molar-refractivity contribution in [3.8, 4) is 67.5 Å². The standard InChI is InChI=1S/C64H38N4S/c1-3-12-44-31-51-33-48(24-22-46(51)29-42(44)10-1)53-35-54(49-25-23-47-30-43-11-2-4-13-45(43)32-52(47)34-49)37-55(36-53)63-66-62(41-20-18-39(19-21-41)50-14-8-28-65-38-50)67-64(68-63)58-17-7-16-57-60-56-15-6-5-9-40(56)26-27-59(60)69-61(57)58/h1-38H. The SMILES string of the molecule is c1cncc(-c2ccc(-c3nc(-c4cc(-c5ccc6cc7ccccc7cc6c5)cc(-c5ccc6cc7ccccc7cc6c5)c4)nc(-c4cccc5c4sc4ccc6ccccc6c45)n3)cc2)c1. The monoisotopic (exact) mass is 894 g/mol. The van der Waals surface area contributed by atoms with Gasteiger partial charge < -0.3 is 0 Å². The Morgan fingerprint density at radius 1 is 0.290 bits per heavy atom. The Hall–Kier alpha value is -8.90. The van der Waals surface area contributed by atoms with Gasteiger partial charge in [-0.15, -0.1) is 11.3 Å². The fourth-order valence-electron chi connectivity index (χ4n) is 10.2. The molecule has 14 rings (SSSR count). The summed E-state index contributed by atoms with van der Waals surface area (Å²) in [4.78, 5) is 20.5. The normalized spacial score (nSPS) is 11.8. The van der Waals surface area contributed by atoms with Crippen molar-refractivity contribution in [2.45, 2.75) is 0 Å². The number of fused-ring (bicyclic) bond motifs is 9. The molecule has 0 saturated carbocycles. The lowest BCUT2D eigenvalue weighted by Gasteiger charge is -2.14. The van der Waals surface area contributed by atoms with Crippen molar-refractivity contribution in [2.75, 3.05) is 0 Å². The second-order valence-electron chi connectivity index (χ2n) is 17.9. The summed E-state index contributed by atoms with van der Waals surface area (Å²) in [6, 6.07) is 78.9. The van der Waals surface area contributed by atoms with Crippen LogP contribution in [0.25, 0.3) is 142 Å². The minimum atomic E-state index is 0.608. The van der Waals surface area contributed by atoms with Crippen molar-refractivity contribution < 1.29 is 0 Å². The predicted molar refractivity (Wildman–Crippen MR) is 291 cm³/mol. The van der Waals surface area contributed by atoms with E-state index in [-0.39, 0.29) is 0 Å². The second kappa shape index (κ2) is 15.9. The molecule has 14 aromatic rings. The van der Waals surface area contributed by atoms with Crippen LogP contribution in [0.2, 0.25) is 0 Å². The van der Waals surface area contributed by atoms with Crippen molar-refractivity contribution in [3.05, 3.63) is 231 Å². The Labute approximate surface area is 401 Å². The van der Waals surface area contributed by atoms with Gasteiger partial charge in [-0.1, -0.05) is 146 Å². The van der Waals surface area contributed by atoms with Crippen molar-refractivity contribution >= 4 is 85.4 Å². The number of rotatable bonds is 6. The zero-order valence-corrected chi connectivity index (χ0v) is 38.0. The van der Waals surface area contributed by atoms with Gasteiger partial charge >= 0.3 is 0 Å². The van der Waals surface area contributed by atoms with E-state index in [0.717, 1.165) is 54.8 Å². The van der Waals surface area contributed by atoms with Crippen LogP contribution in [-0.4, -0.2) is 19.9 Å². The van der Waals surface area contributed by atoms with Crippen LogP contribution in [0.5, 0.6) is 0 Å². The summed E-state index contributed by atoms with van der Waals surface area (Å²) >= 11 is 1.80. The smallest absolute Gasteiger partial charge is 0.165 e. The Kier molecular flexibility index (Phi) is 9.04. The van der Waals surface area contributed by atoms with Crippen LogP contribution >= 0.6 is 11.3 Å². The second-order valence-corrected chi connectivity index (χ2v) is 18.9. The first-order valence-corrected chi connectivity index (χ1v) is 24.1. The van der Waals surface area contributed by atoms with Crippen LogP contribution in [0, 0.1) is 0 Å².